The molecule has 0 radical (unpaired) electrons. The molecule has 1 aliphatic rings. The van der Waals surface area contributed by atoms with Crippen molar-refractivity contribution in [2.45, 2.75) is 32.3 Å². The predicted octanol–water partition coefficient (Wildman–Crippen LogP) is 2.12. The maximum absolute atomic E-state index is 11.8. The van der Waals surface area contributed by atoms with Crippen molar-refractivity contribution in [3.8, 4) is 5.75 Å². The van der Waals surface area contributed by atoms with Crippen LogP contribution in [0.15, 0.2) is 18.2 Å². The number of carbonyl (C=O) groups is 2. The van der Waals surface area contributed by atoms with E-state index >= 15 is 0 Å². The zero-order chi connectivity index (χ0) is 13.3. The van der Waals surface area contributed by atoms with Crippen molar-refractivity contribution in [3.05, 3.63) is 23.8 Å². The number of carbonyl (C=O) groups excluding carboxylic acids is 2. The number of benzene rings is 1. The summed E-state index contributed by atoms with van der Waals surface area (Å²) in [5.74, 6) is 0.810. The Hall–Kier alpha value is -1.84. The Morgan fingerprint density at radius 1 is 1.50 bits per heavy atom. The van der Waals surface area contributed by atoms with E-state index in [1.165, 1.54) is 0 Å². The lowest BCUT2D eigenvalue weighted by Gasteiger charge is -2.31. The highest BCUT2D eigenvalue weighted by atomic mass is 16.5. The smallest absolute Gasteiger partial charge is 0.267 e. The van der Waals surface area contributed by atoms with Crippen molar-refractivity contribution in [2.75, 3.05) is 11.9 Å². The molecular weight excluding hydrogens is 230 g/mol. The van der Waals surface area contributed by atoms with E-state index in [2.05, 4.69) is 0 Å². The normalized spacial score (nSPS) is 20.1. The lowest BCUT2D eigenvalue weighted by Crippen LogP contribution is -2.42. The molecule has 2 atom stereocenters. The Kier molecular flexibility index (Phi) is 3.36. The zero-order valence-corrected chi connectivity index (χ0v) is 10.8. The number of amides is 1. The van der Waals surface area contributed by atoms with E-state index in [9.17, 15) is 9.59 Å². The number of hydrogen-bond donors (Lipinski definition) is 0. The molecule has 0 bridgehead atoms. The highest BCUT2D eigenvalue weighted by molar-refractivity contribution is 5.99. The number of ether oxygens (including phenoxy) is 1. The Morgan fingerprint density at radius 3 is 2.89 bits per heavy atom. The van der Waals surface area contributed by atoms with E-state index in [1.807, 2.05) is 25.1 Å². The molecule has 4 heteroatoms. The van der Waals surface area contributed by atoms with Gasteiger partial charge in [0.05, 0.1) is 5.69 Å². The van der Waals surface area contributed by atoms with Gasteiger partial charge in [0.1, 0.15) is 12.0 Å². The van der Waals surface area contributed by atoms with Gasteiger partial charge in [0.25, 0.3) is 5.91 Å². The van der Waals surface area contributed by atoms with E-state index < -0.39 is 6.10 Å². The van der Waals surface area contributed by atoms with Gasteiger partial charge in [-0.3, -0.25) is 4.79 Å². The van der Waals surface area contributed by atoms with Crippen molar-refractivity contribution in [3.63, 3.8) is 0 Å². The molecule has 18 heavy (non-hydrogen) atoms. The van der Waals surface area contributed by atoms with Crippen LogP contribution in [0.25, 0.3) is 0 Å². The zero-order valence-electron chi connectivity index (χ0n) is 10.8. The molecule has 0 saturated carbocycles. The molecule has 1 heterocycles. The maximum Gasteiger partial charge on any atom is 0.267 e. The Balaban J connectivity index is 2.37. The molecule has 0 aliphatic carbocycles. The van der Waals surface area contributed by atoms with Crippen LogP contribution >= 0.6 is 0 Å². The quantitative estimate of drug-likeness (QED) is 0.769. The van der Waals surface area contributed by atoms with Crippen LogP contribution in [0.5, 0.6) is 5.75 Å². The Bertz CT molecular complexity index is 484. The van der Waals surface area contributed by atoms with Gasteiger partial charge in [0.15, 0.2) is 6.10 Å². The van der Waals surface area contributed by atoms with Gasteiger partial charge in [-0.1, -0.05) is 13.0 Å². The SMILES string of the molecule is CC1Oc2ccc(C(C)CC=O)cc2N(C)C1=O. The van der Waals surface area contributed by atoms with Gasteiger partial charge in [0.2, 0.25) is 0 Å². The van der Waals surface area contributed by atoms with Gasteiger partial charge >= 0.3 is 0 Å². The second-order valence-corrected chi connectivity index (χ2v) is 4.69. The molecule has 1 aliphatic heterocycles. The van der Waals surface area contributed by atoms with Crippen molar-refractivity contribution in [1.82, 2.24) is 0 Å². The largest absolute Gasteiger partial charge is 0.479 e. The highest BCUT2D eigenvalue weighted by Crippen LogP contribution is 2.35. The van der Waals surface area contributed by atoms with Crippen LogP contribution < -0.4 is 9.64 Å². The summed E-state index contributed by atoms with van der Waals surface area (Å²) in [6.07, 6.45) is 0.950. The van der Waals surface area contributed by atoms with Crippen LogP contribution in [0.3, 0.4) is 0 Å². The molecule has 96 valence electrons. The van der Waals surface area contributed by atoms with Crippen LogP contribution in [-0.4, -0.2) is 25.3 Å². The van der Waals surface area contributed by atoms with E-state index in [-0.39, 0.29) is 11.8 Å². The molecule has 0 fully saturated rings. The van der Waals surface area contributed by atoms with Gasteiger partial charge in [-0.2, -0.15) is 0 Å². The van der Waals surface area contributed by atoms with E-state index in [0.717, 1.165) is 17.5 Å². The van der Waals surface area contributed by atoms with Crippen LogP contribution in [0.4, 0.5) is 5.69 Å². The first-order valence-electron chi connectivity index (χ1n) is 6.06. The Morgan fingerprint density at radius 2 is 2.22 bits per heavy atom. The van der Waals surface area contributed by atoms with Crippen LogP contribution in [0.1, 0.15) is 31.7 Å². The molecular formula is C14H17NO3. The number of rotatable bonds is 3. The fourth-order valence-electron chi connectivity index (χ4n) is 2.12. The van der Waals surface area contributed by atoms with Crippen molar-refractivity contribution in [2.24, 2.45) is 0 Å². The maximum atomic E-state index is 11.8. The fourth-order valence-corrected chi connectivity index (χ4v) is 2.12. The van der Waals surface area contributed by atoms with Gasteiger partial charge in [-0.05, 0) is 30.5 Å². The first-order valence-corrected chi connectivity index (χ1v) is 6.06. The third-order valence-electron chi connectivity index (χ3n) is 3.35. The number of nitrogens with zero attached hydrogens (tertiary/aromatic N) is 1. The lowest BCUT2D eigenvalue weighted by molar-refractivity contribution is -0.125. The molecule has 1 aromatic carbocycles. The van der Waals surface area contributed by atoms with Crippen molar-refractivity contribution >= 4 is 17.9 Å². The summed E-state index contributed by atoms with van der Waals surface area (Å²) in [6.45, 7) is 3.73. The molecule has 0 N–H and O–H groups in total. The van der Waals surface area contributed by atoms with Gasteiger partial charge in [0, 0.05) is 13.5 Å². The second-order valence-electron chi connectivity index (χ2n) is 4.69. The van der Waals surface area contributed by atoms with E-state index in [4.69, 9.17) is 4.74 Å². The fraction of sp³-hybridized carbons (Fsp3) is 0.429. The molecule has 2 unspecified atom stereocenters. The van der Waals surface area contributed by atoms with Crippen molar-refractivity contribution < 1.29 is 14.3 Å². The van der Waals surface area contributed by atoms with Crippen LogP contribution in [-0.2, 0) is 9.59 Å². The summed E-state index contributed by atoms with van der Waals surface area (Å²) < 4.78 is 5.55. The van der Waals surface area contributed by atoms with E-state index in [0.29, 0.717) is 12.2 Å². The topological polar surface area (TPSA) is 46.6 Å². The standard InChI is InChI=1S/C14H17NO3/c1-9(6-7-16)11-4-5-13-12(8-11)15(3)14(17)10(2)18-13/h4-5,7-10H,6H2,1-3H3. The summed E-state index contributed by atoms with van der Waals surface area (Å²) in [5.41, 5.74) is 1.81. The molecule has 0 spiro atoms. The predicted molar refractivity (Wildman–Crippen MR) is 69.0 cm³/mol. The summed E-state index contributed by atoms with van der Waals surface area (Å²) in [4.78, 5) is 24.0. The number of anilines is 1. The second kappa shape index (κ2) is 4.80. The number of fused-ring (bicyclic) bond motifs is 1. The lowest BCUT2D eigenvalue weighted by atomic mass is 9.97. The third-order valence-corrected chi connectivity index (χ3v) is 3.35. The molecule has 1 amide bonds. The van der Waals surface area contributed by atoms with Gasteiger partial charge in [-0.15, -0.1) is 0 Å². The molecule has 4 nitrogen and oxygen atoms in total. The minimum absolute atomic E-state index is 0.0531. The molecule has 0 saturated heterocycles. The number of likely N-dealkylation sites (N-methyl/N-ethyl adjacent to an activating group) is 1. The van der Waals surface area contributed by atoms with Crippen LogP contribution in [0, 0.1) is 0 Å². The van der Waals surface area contributed by atoms with Gasteiger partial charge < -0.3 is 14.4 Å². The summed E-state index contributed by atoms with van der Waals surface area (Å²) in [6, 6.07) is 5.74. The highest BCUT2D eigenvalue weighted by Gasteiger charge is 2.29. The minimum Gasteiger partial charge on any atom is -0.479 e. The van der Waals surface area contributed by atoms with E-state index in [1.54, 1.807) is 18.9 Å². The minimum atomic E-state index is -0.444. The monoisotopic (exact) mass is 247 g/mol. The average molecular weight is 247 g/mol. The third kappa shape index (κ3) is 2.10. The van der Waals surface area contributed by atoms with Crippen molar-refractivity contribution in [1.29, 1.82) is 0 Å². The van der Waals surface area contributed by atoms with Crippen LogP contribution in [0.2, 0.25) is 0 Å². The molecule has 1 aromatic rings. The summed E-state index contributed by atoms with van der Waals surface area (Å²) in [5, 5.41) is 0. The average Bonchev–Trinajstić information content (AvgIpc) is 2.36. The number of aldehydes is 1. The first kappa shape index (κ1) is 12.6. The van der Waals surface area contributed by atoms with Gasteiger partial charge in [-0.25, -0.2) is 0 Å². The molecule has 2 rings (SSSR count). The number of hydrogen-bond acceptors (Lipinski definition) is 3. The first-order chi connectivity index (χ1) is 8.54. The summed E-state index contributed by atoms with van der Waals surface area (Å²) in [7, 11) is 1.74. The molecule has 0 aromatic heterocycles. The summed E-state index contributed by atoms with van der Waals surface area (Å²) >= 11 is 0. The Labute approximate surface area is 107 Å².